The molecule has 15 heavy (non-hydrogen) atoms. The molecule has 82 valence electrons. The van der Waals surface area contributed by atoms with E-state index in [4.69, 9.17) is 16.7 Å². The molecule has 4 nitrogen and oxygen atoms in total. The highest BCUT2D eigenvalue weighted by Crippen LogP contribution is 2.30. The smallest absolute Gasteiger partial charge is 0.338 e. The number of aliphatic hydroxyl groups excluding tert-OH is 1. The average molecular weight is 231 g/mol. The first kappa shape index (κ1) is 12.0. The number of rotatable bonds is 3. The van der Waals surface area contributed by atoms with E-state index >= 15 is 0 Å². The Kier molecular flexibility index (Phi) is 3.34. The lowest BCUT2D eigenvalue weighted by atomic mass is 9.93. The fourth-order valence-electron chi connectivity index (χ4n) is 1.12. The third-order valence-corrected chi connectivity index (χ3v) is 2.51. The van der Waals surface area contributed by atoms with E-state index in [-0.39, 0.29) is 10.6 Å². The van der Waals surface area contributed by atoms with Gasteiger partial charge in [0, 0.05) is 10.6 Å². The summed E-state index contributed by atoms with van der Waals surface area (Å²) in [5, 5.41) is 28.1. The van der Waals surface area contributed by atoms with E-state index in [1.165, 1.54) is 12.1 Å². The minimum Gasteiger partial charge on any atom is -0.479 e. The van der Waals surface area contributed by atoms with Crippen molar-refractivity contribution < 1.29 is 20.1 Å². The molecule has 0 aliphatic rings. The Labute approximate surface area is 91.7 Å². The minimum absolute atomic E-state index is 0.187. The minimum atomic E-state index is -2.26. The molecule has 2 atom stereocenters. The zero-order valence-corrected chi connectivity index (χ0v) is 8.77. The van der Waals surface area contributed by atoms with Crippen molar-refractivity contribution >= 4 is 17.6 Å². The van der Waals surface area contributed by atoms with Gasteiger partial charge in [-0.25, -0.2) is 4.79 Å². The third-order valence-electron chi connectivity index (χ3n) is 2.17. The Morgan fingerprint density at radius 3 is 2.47 bits per heavy atom. The molecule has 0 unspecified atom stereocenters. The first-order valence-electron chi connectivity index (χ1n) is 4.25. The van der Waals surface area contributed by atoms with Crippen molar-refractivity contribution in [3.8, 4) is 0 Å². The fraction of sp³-hybridized carbons (Fsp3) is 0.300. The number of halogens is 1. The molecule has 0 saturated carbocycles. The Morgan fingerprint density at radius 2 is 2.00 bits per heavy atom. The van der Waals surface area contributed by atoms with E-state index in [9.17, 15) is 15.0 Å². The van der Waals surface area contributed by atoms with Gasteiger partial charge in [-0.15, -0.1) is 0 Å². The molecule has 1 rings (SSSR count). The van der Waals surface area contributed by atoms with Crippen molar-refractivity contribution in [1.29, 1.82) is 0 Å². The number of carbonyl (C=O) groups is 1. The van der Waals surface area contributed by atoms with Gasteiger partial charge in [-0.1, -0.05) is 29.8 Å². The van der Waals surface area contributed by atoms with E-state index in [1.54, 1.807) is 12.1 Å². The van der Waals surface area contributed by atoms with Crippen LogP contribution >= 0.6 is 11.6 Å². The molecule has 0 bridgehead atoms. The molecule has 0 aromatic heterocycles. The topological polar surface area (TPSA) is 77.8 Å². The van der Waals surface area contributed by atoms with E-state index < -0.39 is 17.7 Å². The van der Waals surface area contributed by atoms with Crippen molar-refractivity contribution in [2.75, 3.05) is 0 Å². The Bertz CT molecular complexity index is 375. The maximum absolute atomic E-state index is 10.7. The Hall–Kier alpha value is -1.10. The molecular formula is C10H11ClO4. The number of aliphatic carboxylic acids is 1. The molecule has 0 saturated heterocycles. The van der Waals surface area contributed by atoms with Crippen molar-refractivity contribution in [3.63, 3.8) is 0 Å². The van der Waals surface area contributed by atoms with Crippen molar-refractivity contribution in [1.82, 2.24) is 0 Å². The molecule has 1 aromatic carbocycles. The monoisotopic (exact) mass is 230 g/mol. The zero-order chi connectivity index (χ0) is 11.6. The quantitative estimate of drug-likeness (QED) is 0.729. The molecule has 0 aliphatic heterocycles. The summed E-state index contributed by atoms with van der Waals surface area (Å²) in [5.41, 5.74) is -2.07. The van der Waals surface area contributed by atoms with Gasteiger partial charge in [0.1, 0.15) is 6.10 Å². The highest BCUT2D eigenvalue weighted by Gasteiger charge is 2.40. The van der Waals surface area contributed by atoms with Crippen LogP contribution in [0.15, 0.2) is 24.3 Å². The summed E-state index contributed by atoms with van der Waals surface area (Å²) in [4.78, 5) is 10.7. The van der Waals surface area contributed by atoms with Gasteiger partial charge in [-0.3, -0.25) is 0 Å². The first-order chi connectivity index (χ1) is 6.87. The summed E-state index contributed by atoms with van der Waals surface area (Å²) in [6.07, 6.45) is -1.57. The highest BCUT2D eigenvalue weighted by atomic mass is 35.5. The number of hydrogen-bond donors (Lipinski definition) is 3. The van der Waals surface area contributed by atoms with Crippen LogP contribution in [0.4, 0.5) is 0 Å². The van der Waals surface area contributed by atoms with Crippen molar-refractivity contribution in [2.24, 2.45) is 0 Å². The van der Waals surface area contributed by atoms with Gasteiger partial charge < -0.3 is 15.3 Å². The van der Waals surface area contributed by atoms with E-state index in [2.05, 4.69) is 0 Å². The van der Waals surface area contributed by atoms with Crippen LogP contribution in [0.25, 0.3) is 0 Å². The standard InChI is InChI=1S/C10H11ClO4/c1-10(15,9(13)14)8(12)6-4-2-3-5-7(6)11/h2-5,8,12,15H,1H3,(H,13,14)/t8-,10+/m1/s1. The maximum atomic E-state index is 10.7. The third kappa shape index (κ3) is 2.28. The molecule has 0 radical (unpaired) electrons. The van der Waals surface area contributed by atoms with Crippen LogP contribution in [-0.4, -0.2) is 26.9 Å². The first-order valence-corrected chi connectivity index (χ1v) is 4.63. The van der Waals surface area contributed by atoms with Gasteiger partial charge in [0.25, 0.3) is 0 Å². The fourth-order valence-corrected chi connectivity index (χ4v) is 1.36. The molecule has 0 heterocycles. The molecule has 1 aromatic rings. The molecule has 3 N–H and O–H groups in total. The Morgan fingerprint density at radius 1 is 1.47 bits per heavy atom. The SMILES string of the molecule is C[C@@](O)(C(=O)O)[C@H](O)c1ccccc1Cl. The summed E-state index contributed by atoms with van der Waals surface area (Å²) >= 11 is 5.77. The van der Waals surface area contributed by atoms with Crippen LogP contribution in [-0.2, 0) is 4.79 Å². The van der Waals surface area contributed by atoms with Gasteiger partial charge in [0.2, 0.25) is 0 Å². The number of hydrogen-bond acceptors (Lipinski definition) is 3. The van der Waals surface area contributed by atoms with Gasteiger partial charge in [0.15, 0.2) is 5.60 Å². The van der Waals surface area contributed by atoms with Gasteiger partial charge in [-0.05, 0) is 13.0 Å². The molecule has 5 heteroatoms. The van der Waals surface area contributed by atoms with E-state index in [1.807, 2.05) is 0 Å². The number of aliphatic hydroxyl groups is 2. The largest absolute Gasteiger partial charge is 0.479 e. The number of benzene rings is 1. The zero-order valence-electron chi connectivity index (χ0n) is 8.01. The lowest BCUT2D eigenvalue weighted by Gasteiger charge is -2.25. The van der Waals surface area contributed by atoms with E-state index in [0.717, 1.165) is 6.92 Å². The van der Waals surface area contributed by atoms with Crippen LogP contribution in [0.2, 0.25) is 5.02 Å². The van der Waals surface area contributed by atoms with Crippen molar-refractivity contribution in [2.45, 2.75) is 18.6 Å². The van der Waals surface area contributed by atoms with Gasteiger partial charge in [-0.2, -0.15) is 0 Å². The summed E-state index contributed by atoms with van der Waals surface area (Å²) in [7, 11) is 0. The van der Waals surface area contributed by atoms with Crippen LogP contribution < -0.4 is 0 Å². The second kappa shape index (κ2) is 4.18. The lowest BCUT2D eigenvalue weighted by Crippen LogP contribution is -2.41. The lowest BCUT2D eigenvalue weighted by molar-refractivity contribution is -0.169. The molecule has 0 aliphatic carbocycles. The summed E-state index contributed by atoms with van der Waals surface area (Å²) in [6, 6.07) is 6.22. The molecule has 0 amide bonds. The normalized spacial score (nSPS) is 16.8. The second-order valence-electron chi connectivity index (χ2n) is 3.38. The summed E-state index contributed by atoms with van der Waals surface area (Å²) in [5.74, 6) is -1.50. The Balaban J connectivity index is 3.10. The molecule has 0 fully saturated rings. The summed E-state index contributed by atoms with van der Waals surface area (Å²) < 4.78 is 0. The van der Waals surface area contributed by atoms with Crippen LogP contribution in [0.5, 0.6) is 0 Å². The predicted octanol–water partition coefficient (Wildman–Crippen LogP) is 1.21. The van der Waals surface area contributed by atoms with Crippen LogP contribution in [0.1, 0.15) is 18.6 Å². The van der Waals surface area contributed by atoms with Crippen LogP contribution in [0, 0.1) is 0 Å². The summed E-state index contributed by atoms with van der Waals surface area (Å²) in [6.45, 7) is 1.02. The highest BCUT2D eigenvalue weighted by molar-refractivity contribution is 6.31. The maximum Gasteiger partial charge on any atom is 0.338 e. The predicted molar refractivity (Wildman–Crippen MR) is 54.7 cm³/mol. The average Bonchev–Trinajstić information content (AvgIpc) is 2.17. The van der Waals surface area contributed by atoms with Gasteiger partial charge >= 0.3 is 5.97 Å². The molecule has 0 spiro atoms. The second-order valence-corrected chi connectivity index (χ2v) is 3.78. The van der Waals surface area contributed by atoms with Crippen LogP contribution in [0.3, 0.4) is 0 Å². The van der Waals surface area contributed by atoms with Gasteiger partial charge in [0.05, 0.1) is 0 Å². The number of carboxylic acids is 1. The molecular weight excluding hydrogens is 220 g/mol. The number of carboxylic acid groups (broad SMARTS) is 1. The van der Waals surface area contributed by atoms with Crippen molar-refractivity contribution in [3.05, 3.63) is 34.9 Å². The van der Waals surface area contributed by atoms with E-state index in [0.29, 0.717) is 0 Å².